The number of aryl methyl sites for hydroxylation is 4. The summed E-state index contributed by atoms with van der Waals surface area (Å²) in [6, 6.07) is 0. The number of nitrogens with zero attached hydrogens (tertiary/aromatic N) is 6. The van der Waals surface area contributed by atoms with E-state index in [1.54, 1.807) is 0 Å². The lowest BCUT2D eigenvalue weighted by Crippen LogP contribution is -2.09. The van der Waals surface area contributed by atoms with Crippen molar-refractivity contribution in [2.45, 2.75) is 32.7 Å². The standard InChI is InChI=1S/C12H17N7O/c1-3-4-8-10-11(18(2)16-8)19(12(13)15-10)6-5-9-14-7-20-17-9/h7H,3-6H2,1-2H3,(H2,13,15). The Morgan fingerprint density at radius 3 is 2.90 bits per heavy atom. The van der Waals surface area contributed by atoms with Crippen LogP contribution in [-0.4, -0.2) is 29.5 Å². The lowest BCUT2D eigenvalue weighted by molar-refractivity contribution is 0.408. The normalized spacial score (nSPS) is 11.5. The van der Waals surface area contributed by atoms with Crippen LogP contribution in [0.3, 0.4) is 0 Å². The predicted octanol–water partition coefficient (Wildman–Crippen LogP) is 0.930. The van der Waals surface area contributed by atoms with Crippen LogP contribution in [0, 0.1) is 0 Å². The maximum absolute atomic E-state index is 6.02. The fourth-order valence-electron chi connectivity index (χ4n) is 2.40. The van der Waals surface area contributed by atoms with Crippen molar-refractivity contribution in [1.82, 2.24) is 29.5 Å². The van der Waals surface area contributed by atoms with Gasteiger partial charge in [0.05, 0.1) is 5.69 Å². The summed E-state index contributed by atoms with van der Waals surface area (Å²) in [5.74, 6) is 1.15. The summed E-state index contributed by atoms with van der Waals surface area (Å²) < 4.78 is 8.50. The van der Waals surface area contributed by atoms with Gasteiger partial charge in [0.1, 0.15) is 5.52 Å². The number of anilines is 1. The first-order valence-corrected chi connectivity index (χ1v) is 6.63. The minimum absolute atomic E-state index is 0.494. The molecule has 106 valence electrons. The SMILES string of the molecule is CCCc1nn(C)c2c1nc(N)n2CCc1ncon1. The van der Waals surface area contributed by atoms with Gasteiger partial charge in [-0.3, -0.25) is 9.25 Å². The van der Waals surface area contributed by atoms with E-state index >= 15 is 0 Å². The summed E-state index contributed by atoms with van der Waals surface area (Å²) in [6.07, 6.45) is 3.90. The monoisotopic (exact) mass is 275 g/mol. The third-order valence-electron chi connectivity index (χ3n) is 3.27. The second kappa shape index (κ2) is 4.95. The van der Waals surface area contributed by atoms with E-state index in [4.69, 9.17) is 10.3 Å². The fraction of sp³-hybridized carbons (Fsp3) is 0.500. The summed E-state index contributed by atoms with van der Waals surface area (Å²) in [7, 11) is 1.91. The number of hydrogen-bond donors (Lipinski definition) is 1. The predicted molar refractivity (Wildman–Crippen MR) is 72.9 cm³/mol. The van der Waals surface area contributed by atoms with Gasteiger partial charge in [0.25, 0.3) is 0 Å². The minimum atomic E-state index is 0.494. The first kappa shape index (κ1) is 12.6. The molecule has 3 aromatic rings. The molecular formula is C12H17N7O. The molecule has 0 spiro atoms. The van der Waals surface area contributed by atoms with Crippen molar-refractivity contribution < 1.29 is 4.52 Å². The van der Waals surface area contributed by atoms with Gasteiger partial charge in [-0.2, -0.15) is 10.1 Å². The van der Waals surface area contributed by atoms with Crippen molar-refractivity contribution in [3.63, 3.8) is 0 Å². The van der Waals surface area contributed by atoms with Crippen molar-refractivity contribution in [3.8, 4) is 0 Å². The molecule has 0 aliphatic heterocycles. The third-order valence-corrected chi connectivity index (χ3v) is 3.27. The van der Waals surface area contributed by atoms with Crippen LogP contribution in [-0.2, 0) is 26.4 Å². The van der Waals surface area contributed by atoms with Gasteiger partial charge in [0.2, 0.25) is 12.3 Å². The zero-order chi connectivity index (χ0) is 14.1. The van der Waals surface area contributed by atoms with E-state index in [1.165, 1.54) is 6.39 Å². The number of hydrogen-bond acceptors (Lipinski definition) is 6. The summed E-state index contributed by atoms with van der Waals surface area (Å²) in [5.41, 5.74) is 8.84. The number of aromatic nitrogens is 6. The van der Waals surface area contributed by atoms with Crippen LogP contribution in [0.4, 0.5) is 5.95 Å². The topological polar surface area (TPSA) is 101 Å². The lowest BCUT2D eigenvalue weighted by Gasteiger charge is -2.04. The van der Waals surface area contributed by atoms with Crippen molar-refractivity contribution in [2.24, 2.45) is 7.05 Å². The molecule has 8 nitrogen and oxygen atoms in total. The van der Waals surface area contributed by atoms with Gasteiger partial charge in [-0.25, -0.2) is 4.98 Å². The molecule has 3 aromatic heterocycles. The van der Waals surface area contributed by atoms with Crippen molar-refractivity contribution in [2.75, 3.05) is 5.73 Å². The lowest BCUT2D eigenvalue weighted by atomic mass is 10.2. The summed E-state index contributed by atoms with van der Waals surface area (Å²) >= 11 is 0. The molecule has 0 aliphatic rings. The maximum atomic E-state index is 6.02. The molecule has 0 saturated carbocycles. The second-order valence-corrected chi connectivity index (χ2v) is 4.71. The van der Waals surface area contributed by atoms with Gasteiger partial charge >= 0.3 is 0 Å². The number of fused-ring (bicyclic) bond motifs is 1. The molecule has 8 heteroatoms. The maximum Gasteiger partial charge on any atom is 0.213 e. The summed E-state index contributed by atoms with van der Waals surface area (Å²) in [5, 5.41) is 8.31. The average molecular weight is 275 g/mol. The molecule has 20 heavy (non-hydrogen) atoms. The second-order valence-electron chi connectivity index (χ2n) is 4.71. The van der Waals surface area contributed by atoms with Gasteiger partial charge in [0.15, 0.2) is 11.5 Å². The number of rotatable bonds is 5. The van der Waals surface area contributed by atoms with Crippen molar-refractivity contribution in [3.05, 3.63) is 17.9 Å². The zero-order valence-corrected chi connectivity index (χ0v) is 11.6. The highest BCUT2D eigenvalue weighted by Crippen LogP contribution is 2.22. The molecule has 0 radical (unpaired) electrons. The van der Waals surface area contributed by atoms with Crippen molar-refractivity contribution in [1.29, 1.82) is 0 Å². The van der Waals surface area contributed by atoms with Crippen LogP contribution < -0.4 is 5.73 Å². The molecule has 0 unspecified atom stereocenters. The molecule has 0 bridgehead atoms. The van der Waals surface area contributed by atoms with E-state index in [1.807, 2.05) is 16.3 Å². The smallest absolute Gasteiger partial charge is 0.213 e. The Morgan fingerprint density at radius 2 is 2.20 bits per heavy atom. The van der Waals surface area contributed by atoms with Gasteiger partial charge in [0, 0.05) is 20.0 Å². The molecule has 0 atom stereocenters. The highest BCUT2D eigenvalue weighted by molar-refractivity contribution is 5.77. The van der Waals surface area contributed by atoms with Gasteiger partial charge in [-0.1, -0.05) is 18.5 Å². The Morgan fingerprint density at radius 1 is 1.35 bits per heavy atom. The van der Waals surface area contributed by atoms with E-state index in [0.29, 0.717) is 24.7 Å². The molecule has 0 saturated heterocycles. The van der Waals surface area contributed by atoms with Gasteiger partial charge < -0.3 is 10.3 Å². The van der Waals surface area contributed by atoms with Crippen LogP contribution in [0.15, 0.2) is 10.9 Å². The van der Waals surface area contributed by atoms with Crippen LogP contribution >= 0.6 is 0 Å². The number of nitrogens with two attached hydrogens (primary N) is 1. The molecule has 0 aromatic carbocycles. The molecular weight excluding hydrogens is 258 g/mol. The zero-order valence-electron chi connectivity index (χ0n) is 11.6. The van der Waals surface area contributed by atoms with E-state index in [2.05, 4.69) is 27.1 Å². The van der Waals surface area contributed by atoms with Crippen LogP contribution in [0.2, 0.25) is 0 Å². The Labute approximate surface area is 115 Å². The largest absolute Gasteiger partial charge is 0.369 e. The van der Waals surface area contributed by atoms with E-state index < -0.39 is 0 Å². The average Bonchev–Trinajstić information content (AvgIpc) is 3.08. The quantitative estimate of drug-likeness (QED) is 0.743. The third kappa shape index (κ3) is 2.02. The van der Waals surface area contributed by atoms with Gasteiger partial charge in [-0.05, 0) is 6.42 Å². The molecule has 3 heterocycles. The Balaban J connectivity index is 1.95. The summed E-state index contributed by atoms with van der Waals surface area (Å²) in [6.45, 7) is 2.77. The molecule has 0 aliphatic carbocycles. The number of imidazole rings is 1. The first-order valence-electron chi connectivity index (χ1n) is 6.63. The summed E-state index contributed by atoms with van der Waals surface area (Å²) in [4.78, 5) is 8.45. The fourth-order valence-corrected chi connectivity index (χ4v) is 2.40. The Hall–Kier alpha value is -2.38. The van der Waals surface area contributed by atoms with Crippen molar-refractivity contribution >= 4 is 17.1 Å². The first-order chi connectivity index (χ1) is 9.70. The van der Waals surface area contributed by atoms with Crippen LogP contribution in [0.5, 0.6) is 0 Å². The molecule has 3 rings (SSSR count). The highest BCUT2D eigenvalue weighted by atomic mass is 16.5. The van der Waals surface area contributed by atoms with Crippen LogP contribution in [0.25, 0.3) is 11.2 Å². The minimum Gasteiger partial charge on any atom is -0.369 e. The van der Waals surface area contributed by atoms with E-state index in [-0.39, 0.29) is 0 Å². The molecule has 0 amide bonds. The van der Waals surface area contributed by atoms with E-state index in [9.17, 15) is 0 Å². The van der Waals surface area contributed by atoms with Crippen LogP contribution in [0.1, 0.15) is 24.9 Å². The van der Waals surface area contributed by atoms with Gasteiger partial charge in [-0.15, -0.1) is 0 Å². The van der Waals surface area contributed by atoms with E-state index in [0.717, 1.165) is 29.7 Å². The number of nitrogen functional groups attached to an aromatic ring is 1. The Bertz CT molecular complexity index is 710. The molecule has 2 N–H and O–H groups in total. The Kier molecular flexibility index (Phi) is 3.13. The highest BCUT2D eigenvalue weighted by Gasteiger charge is 2.17. The molecule has 0 fully saturated rings.